The van der Waals surface area contributed by atoms with E-state index in [1.165, 1.54) is 24.7 Å². The first-order valence-corrected chi connectivity index (χ1v) is 10.7. The second kappa shape index (κ2) is 10.9. The Morgan fingerprint density at radius 1 is 1.17 bits per heavy atom. The largest absolute Gasteiger partial charge is 0.383 e. The smallest absolute Gasteiger partial charge is 0.240 e. The van der Waals surface area contributed by atoms with Crippen molar-refractivity contribution in [3.05, 3.63) is 59.2 Å². The highest BCUT2D eigenvalue weighted by Gasteiger charge is 2.14. The van der Waals surface area contributed by atoms with Crippen LogP contribution in [0.3, 0.4) is 0 Å². The van der Waals surface area contributed by atoms with Crippen molar-refractivity contribution >= 4 is 45.6 Å². The molecule has 3 rings (SSSR count). The lowest BCUT2D eigenvalue weighted by atomic mass is 10.1. The van der Waals surface area contributed by atoms with Crippen molar-refractivity contribution in [1.29, 1.82) is 0 Å². The van der Waals surface area contributed by atoms with Gasteiger partial charge in [-0.05, 0) is 60.2 Å². The van der Waals surface area contributed by atoms with Gasteiger partial charge in [0.25, 0.3) is 0 Å². The molecule has 2 aromatic carbocycles. The van der Waals surface area contributed by atoms with Gasteiger partial charge in [0.15, 0.2) is 5.96 Å². The summed E-state index contributed by atoms with van der Waals surface area (Å²) in [4.78, 5) is 4.53. The lowest BCUT2D eigenvalue weighted by Crippen LogP contribution is -2.27. The lowest BCUT2D eigenvalue weighted by Gasteiger charge is -2.09. The molecule has 0 radical (unpaired) electrons. The minimum absolute atomic E-state index is 0. The molecule has 0 amide bonds. The van der Waals surface area contributed by atoms with E-state index in [0.29, 0.717) is 12.6 Å². The fourth-order valence-electron chi connectivity index (χ4n) is 3.19. The van der Waals surface area contributed by atoms with Crippen molar-refractivity contribution in [3.63, 3.8) is 0 Å². The van der Waals surface area contributed by atoms with Crippen molar-refractivity contribution in [2.45, 2.75) is 30.7 Å². The number of aliphatic imine (C=N–C) groups is 1. The van der Waals surface area contributed by atoms with Crippen molar-refractivity contribution < 1.29 is 13.2 Å². The van der Waals surface area contributed by atoms with E-state index < -0.39 is 10.0 Å². The van der Waals surface area contributed by atoms with Crippen LogP contribution >= 0.6 is 24.0 Å². The fraction of sp³-hybridized carbons (Fsp3) is 0.350. The number of nitrogens with zero attached hydrogens (tertiary/aromatic N) is 1. The number of halogens is 1. The summed E-state index contributed by atoms with van der Waals surface area (Å²) in [6, 6.07) is 12.9. The van der Waals surface area contributed by atoms with Gasteiger partial charge in [0, 0.05) is 19.3 Å². The number of hydrogen-bond donors (Lipinski definition) is 3. The highest BCUT2D eigenvalue weighted by Crippen LogP contribution is 2.24. The van der Waals surface area contributed by atoms with Gasteiger partial charge in [0.05, 0.1) is 18.0 Å². The van der Waals surface area contributed by atoms with Gasteiger partial charge in [-0.15, -0.1) is 24.0 Å². The van der Waals surface area contributed by atoms with Crippen molar-refractivity contribution in [2.24, 2.45) is 10.7 Å². The third-order valence-electron chi connectivity index (χ3n) is 4.61. The second-order valence-corrected chi connectivity index (χ2v) is 8.47. The zero-order valence-corrected chi connectivity index (χ0v) is 19.5. The predicted octanol–water partition coefficient (Wildman–Crippen LogP) is 2.64. The van der Waals surface area contributed by atoms with Gasteiger partial charge in [-0.2, -0.15) is 0 Å². The van der Waals surface area contributed by atoms with Gasteiger partial charge >= 0.3 is 0 Å². The fourth-order valence-corrected chi connectivity index (χ4v) is 4.27. The Labute approximate surface area is 189 Å². The van der Waals surface area contributed by atoms with Crippen LogP contribution in [0.4, 0.5) is 5.69 Å². The number of nitrogens with one attached hydrogen (secondary N) is 2. The number of guanidine groups is 1. The number of benzene rings is 2. The van der Waals surface area contributed by atoms with Crippen LogP contribution < -0.4 is 15.8 Å². The van der Waals surface area contributed by atoms with E-state index >= 15 is 0 Å². The zero-order chi connectivity index (χ0) is 20.0. The number of hydrogen-bond acceptors (Lipinski definition) is 4. The molecule has 0 aromatic heterocycles. The Balaban J connectivity index is 0.00000300. The molecule has 158 valence electrons. The molecule has 2 aromatic rings. The molecular weight excluding hydrogens is 503 g/mol. The van der Waals surface area contributed by atoms with Gasteiger partial charge in [-0.3, -0.25) is 0 Å². The average Bonchev–Trinajstić information content (AvgIpc) is 3.14. The van der Waals surface area contributed by atoms with E-state index in [1.807, 2.05) is 12.1 Å². The van der Waals surface area contributed by atoms with E-state index in [2.05, 4.69) is 27.2 Å². The van der Waals surface area contributed by atoms with Gasteiger partial charge < -0.3 is 15.8 Å². The Morgan fingerprint density at radius 3 is 2.76 bits per heavy atom. The third-order valence-corrected chi connectivity index (χ3v) is 6.07. The maximum atomic E-state index is 12.3. The van der Waals surface area contributed by atoms with E-state index in [0.717, 1.165) is 24.1 Å². The van der Waals surface area contributed by atoms with Crippen LogP contribution in [-0.4, -0.2) is 34.6 Å². The predicted molar refractivity (Wildman–Crippen MR) is 126 cm³/mol. The summed E-state index contributed by atoms with van der Waals surface area (Å²) >= 11 is 0. The summed E-state index contributed by atoms with van der Waals surface area (Å²) in [5.41, 5.74) is 10.4. The molecule has 0 aliphatic heterocycles. The number of rotatable bonds is 8. The highest BCUT2D eigenvalue weighted by atomic mass is 127. The summed E-state index contributed by atoms with van der Waals surface area (Å²) < 4.78 is 31.9. The number of fused-ring (bicyclic) bond motifs is 1. The Bertz CT molecular complexity index is 964. The summed E-state index contributed by atoms with van der Waals surface area (Å²) in [6.07, 6.45) is 3.43. The molecule has 0 saturated carbocycles. The maximum absolute atomic E-state index is 12.3. The summed E-state index contributed by atoms with van der Waals surface area (Å²) in [5.74, 6) is 0.296. The molecule has 0 bridgehead atoms. The number of aryl methyl sites for hydroxylation is 2. The van der Waals surface area contributed by atoms with Crippen LogP contribution in [-0.2, 0) is 34.1 Å². The molecule has 0 unspecified atom stereocenters. The average molecular weight is 530 g/mol. The SMILES string of the molecule is COCCNS(=O)(=O)c1cccc(CN=C(N)Nc2ccc3c(c2)CCC3)c1.I. The third kappa shape index (κ3) is 6.66. The molecule has 9 heteroatoms. The Hall–Kier alpha value is -1.69. The molecular formula is C20H27IN4O3S. The van der Waals surface area contributed by atoms with Gasteiger partial charge in [0.2, 0.25) is 10.0 Å². The minimum Gasteiger partial charge on any atom is -0.383 e. The summed E-state index contributed by atoms with van der Waals surface area (Å²) in [5, 5.41) is 3.10. The van der Waals surface area contributed by atoms with Crippen LogP contribution in [0, 0.1) is 0 Å². The first kappa shape index (κ1) is 23.6. The van der Waals surface area contributed by atoms with Gasteiger partial charge in [-0.1, -0.05) is 18.2 Å². The molecule has 0 spiro atoms. The van der Waals surface area contributed by atoms with Gasteiger partial charge in [-0.25, -0.2) is 18.1 Å². The quantitative estimate of drug-likeness (QED) is 0.211. The van der Waals surface area contributed by atoms with Gasteiger partial charge in [0.1, 0.15) is 0 Å². The lowest BCUT2D eigenvalue weighted by molar-refractivity contribution is 0.204. The normalized spacial score (nSPS) is 13.6. The highest BCUT2D eigenvalue weighted by molar-refractivity contribution is 14.0. The van der Waals surface area contributed by atoms with Crippen molar-refractivity contribution in [3.8, 4) is 0 Å². The monoisotopic (exact) mass is 530 g/mol. The Morgan fingerprint density at radius 2 is 1.97 bits per heavy atom. The van der Waals surface area contributed by atoms with E-state index in [9.17, 15) is 8.42 Å². The molecule has 0 fully saturated rings. The molecule has 0 saturated heterocycles. The maximum Gasteiger partial charge on any atom is 0.240 e. The van der Waals surface area contributed by atoms with Crippen LogP contribution in [0.1, 0.15) is 23.1 Å². The van der Waals surface area contributed by atoms with Crippen LogP contribution in [0.25, 0.3) is 0 Å². The molecule has 29 heavy (non-hydrogen) atoms. The molecule has 1 aliphatic carbocycles. The minimum atomic E-state index is -3.57. The number of methoxy groups -OCH3 is 1. The number of anilines is 1. The van der Waals surface area contributed by atoms with E-state index in [4.69, 9.17) is 10.5 Å². The molecule has 4 N–H and O–H groups in total. The standard InChI is InChI=1S/C20H26N4O3S.HI/c1-27-11-10-23-28(25,26)19-7-2-4-15(12-19)14-22-20(21)24-18-9-8-16-5-3-6-17(16)13-18;/h2,4,7-9,12-13,23H,3,5-6,10-11,14H2,1H3,(H3,21,22,24);1H. The molecule has 0 heterocycles. The van der Waals surface area contributed by atoms with E-state index in [1.54, 1.807) is 18.2 Å². The number of ether oxygens (including phenoxy) is 1. The summed E-state index contributed by atoms with van der Waals surface area (Å²) in [7, 11) is -2.05. The van der Waals surface area contributed by atoms with Crippen molar-refractivity contribution in [2.75, 3.05) is 25.6 Å². The topological polar surface area (TPSA) is 106 Å². The first-order valence-electron chi connectivity index (χ1n) is 9.24. The molecule has 1 aliphatic rings. The first-order chi connectivity index (χ1) is 13.5. The Kier molecular flexibility index (Phi) is 8.87. The van der Waals surface area contributed by atoms with Crippen LogP contribution in [0.5, 0.6) is 0 Å². The number of nitrogens with two attached hydrogens (primary N) is 1. The number of sulfonamides is 1. The van der Waals surface area contributed by atoms with Crippen LogP contribution in [0.15, 0.2) is 52.4 Å². The summed E-state index contributed by atoms with van der Waals surface area (Å²) in [6.45, 7) is 0.818. The van der Waals surface area contributed by atoms with Crippen molar-refractivity contribution in [1.82, 2.24) is 4.72 Å². The zero-order valence-electron chi connectivity index (χ0n) is 16.3. The van der Waals surface area contributed by atoms with Crippen LogP contribution in [0.2, 0.25) is 0 Å². The molecule has 0 atom stereocenters. The molecule has 7 nitrogen and oxygen atoms in total. The van der Waals surface area contributed by atoms with E-state index in [-0.39, 0.29) is 42.0 Å². The second-order valence-electron chi connectivity index (χ2n) is 6.70.